The first-order valence-corrected chi connectivity index (χ1v) is 8.76. The summed E-state index contributed by atoms with van der Waals surface area (Å²) in [5.74, 6) is 0.436. The van der Waals surface area contributed by atoms with Crippen molar-refractivity contribution in [2.45, 2.75) is 13.8 Å². The van der Waals surface area contributed by atoms with Gasteiger partial charge in [-0.1, -0.05) is 43.4 Å². The van der Waals surface area contributed by atoms with E-state index in [-0.39, 0.29) is 5.91 Å². The lowest BCUT2D eigenvalue weighted by molar-refractivity contribution is 0.0953. The maximum absolute atomic E-state index is 12.1. The number of carbonyl (C=O) groups excluding carboxylic acids is 1. The minimum Gasteiger partial charge on any atom is -0.351 e. The number of thiazole rings is 1. The van der Waals surface area contributed by atoms with Crippen LogP contribution in [0.5, 0.6) is 0 Å². The quantitative estimate of drug-likeness (QED) is 0.724. The highest BCUT2D eigenvalue weighted by Gasteiger charge is 2.14. The molecular weight excluding hydrogens is 314 g/mol. The van der Waals surface area contributed by atoms with Gasteiger partial charge in [0.1, 0.15) is 4.83 Å². The Morgan fingerprint density at radius 1 is 1.23 bits per heavy atom. The smallest absolute Gasteiger partial charge is 0.261 e. The van der Waals surface area contributed by atoms with Crippen molar-refractivity contribution in [3.8, 4) is 0 Å². The molecule has 1 aromatic carbocycles. The van der Waals surface area contributed by atoms with Gasteiger partial charge in [-0.25, -0.2) is 4.98 Å². The van der Waals surface area contributed by atoms with Crippen molar-refractivity contribution in [2.24, 2.45) is 5.92 Å². The Morgan fingerprint density at radius 3 is 2.68 bits per heavy atom. The van der Waals surface area contributed by atoms with E-state index in [1.807, 2.05) is 36.4 Å². The van der Waals surface area contributed by atoms with Gasteiger partial charge in [-0.2, -0.15) is 0 Å². The van der Waals surface area contributed by atoms with Gasteiger partial charge >= 0.3 is 0 Å². The number of nitrogens with one attached hydrogen (secondary N) is 2. The van der Waals surface area contributed by atoms with Gasteiger partial charge in [0, 0.05) is 12.2 Å². The van der Waals surface area contributed by atoms with Crippen LogP contribution in [0.2, 0.25) is 0 Å². The first kappa shape index (κ1) is 15.0. The van der Waals surface area contributed by atoms with E-state index in [1.54, 1.807) is 11.3 Å². The van der Waals surface area contributed by atoms with Crippen molar-refractivity contribution in [3.05, 3.63) is 41.3 Å². The first-order valence-electron chi connectivity index (χ1n) is 7.12. The minimum absolute atomic E-state index is 0.0125. The number of benzene rings is 1. The van der Waals surface area contributed by atoms with Gasteiger partial charge in [0.2, 0.25) is 0 Å². The summed E-state index contributed by atoms with van der Waals surface area (Å²) in [4.78, 5) is 18.2. The molecule has 114 valence electrons. The van der Waals surface area contributed by atoms with Crippen molar-refractivity contribution >= 4 is 48.9 Å². The fourth-order valence-electron chi connectivity index (χ4n) is 1.93. The number of rotatable bonds is 5. The maximum atomic E-state index is 12.1. The summed E-state index contributed by atoms with van der Waals surface area (Å²) in [5.41, 5.74) is 1.01. The van der Waals surface area contributed by atoms with Gasteiger partial charge in [-0.15, -0.1) is 11.3 Å². The molecule has 6 heteroatoms. The Hall–Kier alpha value is -1.92. The number of carbonyl (C=O) groups is 1. The van der Waals surface area contributed by atoms with Crippen molar-refractivity contribution < 1.29 is 4.79 Å². The molecule has 22 heavy (non-hydrogen) atoms. The van der Waals surface area contributed by atoms with Crippen molar-refractivity contribution in [1.82, 2.24) is 10.3 Å². The van der Waals surface area contributed by atoms with Gasteiger partial charge in [0.15, 0.2) is 5.13 Å². The van der Waals surface area contributed by atoms with E-state index in [0.717, 1.165) is 25.2 Å². The van der Waals surface area contributed by atoms with Crippen LogP contribution < -0.4 is 10.6 Å². The summed E-state index contributed by atoms with van der Waals surface area (Å²) in [6.45, 7) is 4.85. The van der Waals surface area contributed by atoms with Crippen LogP contribution in [-0.4, -0.2) is 17.4 Å². The number of thiophene rings is 1. The molecule has 4 nitrogen and oxygen atoms in total. The Balaban J connectivity index is 1.73. The Morgan fingerprint density at radius 2 is 2.00 bits per heavy atom. The monoisotopic (exact) mass is 331 g/mol. The van der Waals surface area contributed by atoms with E-state index < -0.39 is 0 Å². The predicted octanol–water partition coefficient (Wildman–Crippen LogP) is 4.49. The average Bonchev–Trinajstić information content (AvgIpc) is 3.04. The third-order valence-electron chi connectivity index (χ3n) is 3.01. The van der Waals surface area contributed by atoms with Gasteiger partial charge in [-0.3, -0.25) is 4.79 Å². The topological polar surface area (TPSA) is 54.0 Å². The number of anilines is 2. The van der Waals surface area contributed by atoms with E-state index in [1.165, 1.54) is 11.3 Å². The third-order valence-corrected chi connectivity index (χ3v) is 5.08. The van der Waals surface area contributed by atoms with Gasteiger partial charge in [0.25, 0.3) is 5.91 Å². The standard InChI is InChI=1S/C16H17N3OS2/c1-10(2)9-17-14(20)12-8-13-15(21-12)19-16(22-13)18-11-6-4-3-5-7-11/h3-8,10H,9H2,1-2H3,(H,17,20)(H,18,19). The van der Waals surface area contributed by atoms with E-state index in [9.17, 15) is 4.79 Å². The number of hydrogen-bond donors (Lipinski definition) is 2. The molecule has 0 aliphatic rings. The molecule has 0 atom stereocenters. The molecule has 3 aromatic rings. The van der Waals surface area contributed by atoms with Crippen LogP contribution in [0.3, 0.4) is 0 Å². The summed E-state index contributed by atoms with van der Waals surface area (Å²) < 4.78 is 1.04. The summed E-state index contributed by atoms with van der Waals surface area (Å²) in [6, 6.07) is 11.9. The van der Waals surface area contributed by atoms with Crippen molar-refractivity contribution in [3.63, 3.8) is 0 Å². The van der Waals surface area contributed by atoms with Crippen molar-refractivity contribution in [1.29, 1.82) is 0 Å². The van der Waals surface area contributed by atoms with E-state index in [4.69, 9.17) is 0 Å². The SMILES string of the molecule is CC(C)CNC(=O)c1cc2sc(Nc3ccccc3)nc2s1. The first-order chi connectivity index (χ1) is 10.6. The Kier molecular flexibility index (Phi) is 4.40. The number of aromatic nitrogens is 1. The molecule has 0 spiro atoms. The zero-order valence-corrected chi connectivity index (χ0v) is 14.1. The lowest BCUT2D eigenvalue weighted by Gasteiger charge is -2.05. The van der Waals surface area contributed by atoms with Gasteiger partial charge in [-0.05, 0) is 24.1 Å². The molecule has 0 radical (unpaired) electrons. The highest BCUT2D eigenvalue weighted by atomic mass is 32.1. The molecular formula is C16H17N3OS2. The maximum Gasteiger partial charge on any atom is 0.261 e. The molecule has 0 saturated heterocycles. The fraction of sp³-hybridized carbons (Fsp3) is 0.250. The number of para-hydroxylation sites is 1. The molecule has 0 unspecified atom stereocenters. The summed E-state index contributed by atoms with van der Waals surface area (Å²) in [5, 5.41) is 7.07. The Labute approximate surface area is 137 Å². The Bertz CT molecular complexity index is 746. The number of hydrogen-bond acceptors (Lipinski definition) is 5. The third kappa shape index (κ3) is 3.45. The molecule has 0 bridgehead atoms. The van der Waals surface area contributed by atoms with Gasteiger partial charge in [0.05, 0.1) is 9.58 Å². The molecule has 0 saturated carbocycles. The van der Waals surface area contributed by atoms with Crippen molar-refractivity contribution in [2.75, 3.05) is 11.9 Å². The molecule has 0 aliphatic heterocycles. The molecule has 0 aliphatic carbocycles. The van der Waals surface area contributed by atoms with Crippen LogP contribution in [0.25, 0.3) is 9.53 Å². The lowest BCUT2D eigenvalue weighted by Crippen LogP contribution is -2.26. The van der Waals surface area contributed by atoms with Gasteiger partial charge < -0.3 is 10.6 Å². The van der Waals surface area contributed by atoms with E-state index >= 15 is 0 Å². The van der Waals surface area contributed by atoms with E-state index in [0.29, 0.717) is 12.5 Å². The summed E-state index contributed by atoms with van der Waals surface area (Å²) in [6.07, 6.45) is 0. The number of amides is 1. The lowest BCUT2D eigenvalue weighted by atomic mass is 10.2. The van der Waals surface area contributed by atoms with E-state index in [2.05, 4.69) is 29.5 Å². The normalized spacial score (nSPS) is 11.0. The number of nitrogens with zero attached hydrogens (tertiary/aromatic N) is 1. The minimum atomic E-state index is -0.0125. The van der Waals surface area contributed by atoms with Crippen LogP contribution in [0.15, 0.2) is 36.4 Å². The van der Waals surface area contributed by atoms with Crippen LogP contribution in [0, 0.1) is 5.92 Å². The average molecular weight is 331 g/mol. The number of fused-ring (bicyclic) bond motifs is 1. The van der Waals surface area contributed by atoms with Crippen LogP contribution in [-0.2, 0) is 0 Å². The molecule has 2 heterocycles. The molecule has 0 fully saturated rings. The summed E-state index contributed by atoms with van der Waals surface area (Å²) >= 11 is 3.00. The fourth-order valence-corrected chi connectivity index (χ4v) is 3.98. The zero-order chi connectivity index (χ0) is 15.5. The molecule has 1 amide bonds. The second-order valence-corrected chi connectivity index (χ2v) is 7.46. The second-order valence-electron chi connectivity index (χ2n) is 5.39. The largest absolute Gasteiger partial charge is 0.351 e. The van der Waals surface area contributed by atoms with Crippen LogP contribution in [0.4, 0.5) is 10.8 Å². The molecule has 2 N–H and O–H groups in total. The molecule has 3 rings (SSSR count). The molecule has 2 aromatic heterocycles. The van der Waals surface area contributed by atoms with Crippen LogP contribution >= 0.6 is 22.7 Å². The highest BCUT2D eigenvalue weighted by Crippen LogP contribution is 2.34. The second kappa shape index (κ2) is 6.46. The summed E-state index contributed by atoms with van der Waals surface area (Å²) in [7, 11) is 0. The predicted molar refractivity (Wildman–Crippen MR) is 94.4 cm³/mol. The zero-order valence-electron chi connectivity index (χ0n) is 12.4. The van der Waals surface area contributed by atoms with Crippen LogP contribution in [0.1, 0.15) is 23.5 Å². The highest BCUT2D eigenvalue weighted by molar-refractivity contribution is 7.29.